The molecule has 640 valence electrons. The Kier molecular flexibility index (Phi) is 40.5. The topological polar surface area (TPSA) is 570 Å². The molecule has 6 amide bonds. The van der Waals surface area contributed by atoms with Gasteiger partial charge in [-0.2, -0.15) is 0 Å². The van der Waals surface area contributed by atoms with Crippen molar-refractivity contribution >= 4 is 145 Å². The van der Waals surface area contributed by atoms with E-state index in [9.17, 15) is 88.4 Å². The van der Waals surface area contributed by atoms with Crippen LogP contribution in [-0.4, -0.2) is 180 Å². The molecule has 0 spiro atoms. The highest BCUT2D eigenvalue weighted by atomic mass is 127. The molecule has 9 N–H and O–H groups in total. The van der Waals surface area contributed by atoms with Gasteiger partial charge >= 0.3 is 47.9 Å². The van der Waals surface area contributed by atoms with Gasteiger partial charge in [-0.05, 0) is 233 Å². The Morgan fingerprint density at radius 2 is 0.783 bits per heavy atom. The predicted molar refractivity (Wildman–Crippen MR) is 431 cm³/mol. The van der Waals surface area contributed by atoms with Crippen LogP contribution < -0.4 is 43.0 Å². The summed E-state index contributed by atoms with van der Waals surface area (Å²) in [7, 11) is 0. The molecule has 0 unspecified atom stereocenters. The first kappa shape index (κ1) is 101. The minimum atomic E-state index is -1.24. The Balaban J connectivity index is 0.000000685. The summed E-state index contributed by atoms with van der Waals surface area (Å²) in [5.74, 6) is -4.68. The van der Waals surface area contributed by atoms with E-state index >= 15 is 0 Å². The number of carbonyl (C=O) groups is 10. The van der Waals surface area contributed by atoms with Crippen molar-refractivity contribution in [3.63, 3.8) is 0 Å². The van der Waals surface area contributed by atoms with E-state index in [1.165, 1.54) is 15.4 Å². The van der Waals surface area contributed by atoms with Crippen LogP contribution in [0.25, 0.3) is 0 Å². The minimum Gasteiger partial charge on any atom is -0.460 e. The maximum atomic E-state index is 13.2. The molecule has 4 rings (SSSR count). The second kappa shape index (κ2) is 46.0. The van der Waals surface area contributed by atoms with Crippen molar-refractivity contribution in [1.29, 1.82) is 0 Å². The smallest absolute Gasteiger partial charge is 0.329 e. The van der Waals surface area contributed by atoms with Crippen molar-refractivity contribution in [1.82, 2.24) is 61.9 Å². The number of hydrogen-bond donors (Lipinski definition) is 8. The highest BCUT2D eigenvalue weighted by Gasteiger charge is 2.35. The Labute approximate surface area is 696 Å². The SMILES string of the molecule is CC(C)(C)OC(=O)CC[C@H](NC(=O)N[C@@H](CCCCNC(=O)Cn1nnc(I)c1CN)C(=O)OC(C)(C)C)C(=O)OC(C)(C)C.CC(C)(C)OC(=O)CC[C@H](NC(=O)N[C@@H](CCCCNC(=O)Cn1nnc(I)c1CNc1ccc([N+](=O)[O-])cc1[N+](=O)[O-])C(=O)OC(C)(C)C)C(=O)OC(C)(C)C.O=[N+]([O-])c1ccc(Cl)c([N+](=O)[O-])c1. The first-order chi connectivity index (χ1) is 52.9. The van der Waals surface area contributed by atoms with E-state index in [2.05, 4.69) is 57.8 Å². The fourth-order valence-corrected chi connectivity index (χ4v) is 10.7. The number of rotatable bonds is 36. The van der Waals surface area contributed by atoms with Gasteiger partial charge in [0.15, 0.2) is 0 Å². The molecule has 2 aromatic heterocycles. The molecule has 115 heavy (non-hydrogen) atoms. The lowest BCUT2D eigenvalue weighted by Gasteiger charge is -2.27. The molecule has 0 radical (unpaired) electrons. The molecule has 0 bridgehead atoms. The Bertz CT molecular complexity index is 4060. The molecule has 0 aliphatic carbocycles. The molecule has 2 heterocycles. The summed E-state index contributed by atoms with van der Waals surface area (Å²) in [6, 6.07) is -0.0362. The number of urea groups is 2. The van der Waals surface area contributed by atoms with Crippen LogP contribution in [0.15, 0.2) is 36.4 Å². The number of anilines is 1. The van der Waals surface area contributed by atoms with E-state index in [0.717, 1.165) is 30.3 Å². The average molecular weight is 1870 g/mol. The number of unbranched alkanes of at least 4 members (excludes halogenated alkanes) is 2. The van der Waals surface area contributed by atoms with Crippen LogP contribution in [0.5, 0.6) is 0 Å². The highest BCUT2D eigenvalue weighted by Crippen LogP contribution is 2.31. The number of nitro benzene ring substituents is 4. The molecule has 4 atom stereocenters. The summed E-state index contributed by atoms with van der Waals surface area (Å²) in [5.41, 5.74) is 0.190. The molecule has 0 saturated carbocycles. The highest BCUT2D eigenvalue weighted by molar-refractivity contribution is 14.1. The first-order valence-electron chi connectivity index (χ1n) is 36.0. The number of ether oxygens (including phenoxy) is 6. The number of aromatic nitrogens is 6. The van der Waals surface area contributed by atoms with Crippen LogP contribution in [0, 0.1) is 47.9 Å². The van der Waals surface area contributed by atoms with E-state index in [4.69, 9.17) is 45.8 Å². The molecular weight excluding hydrogens is 1770 g/mol. The zero-order chi connectivity index (χ0) is 87.9. The van der Waals surface area contributed by atoms with Crippen LogP contribution in [-0.2, 0) is 93.0 Å². The largest absolute Gasteiger partial charge is 0.460 e. The van der Waals surface area contributed by atoms with Gasteiger partial charge in [-0.1, -0.05) is 22.0 Å². The number of carbonyl (C=O) groups excluding carboxylic acids is 10. The zero-order valence-electron chi connectivity index (χ0n) is 67.6. The van der Waals surface area contributed by atoms with Crippen LogP contribution in [0.3, 0.4) is 0 Å². The number of non-ortho nitro benzene ring substituents is 2. The Morgan fingerprint density at radius 3 is 1.11 bits per heavy atom. The van der Waals surface area contributed by atoms with Gasteiger partial charge in [-0.15, -0.1) is 10.2 Å². The normalized spacial score (nSPS) is 12.6. The van der Waals surface area contributed by atoms with E-state index in [0.29, 0.717) is 51.0 Å². The average Bonchev–Trinajstić information content (AvgIpc) is 1.80. The summed E-state index contributed by atoms with van der Waals surface area (Å²) in [6.07, 6.45) is 1.47. The Hall–Kier alpha value is -9.87. The lowest BCUT2D eigenvalue weighted by molar-refractivity contribution is -0.394. The number of esters is 6. The third kappa shape index (κ3) is 41.8. The molecular formula is C70H105ClI2N18O24. The fourth-order valence-electron chi connectivity index (χ4n) is 9.40. The van der Waals surface area contributed by atoms with Gasteiger partial charge in [-0.3, -0.25) is 59.6 Å². The number of nitrogens with two attached hydrogens (primary N) is 1. The number of nitrogens with zero attached hydrogens (tertiary/aromatic N) is 10. The minimum absolute atomic E-state index is 0.0244. The van der Waals surface area contributed by atoms with Gasteiger partial charge in [-0.25, -0.2) is 38.1 Å². The lowest BCUT2D eigenvalue weighted by Crippen LogP contribution is -2.53. The zero-order valence-corrected chi connectivity index (χ0v) is 72.6. The second-order valence-corrected chi connectivity index (χ2v) is 33.9. The maximum Gasteiger partial charge on any atom is 0.329 e. The van der Waals surface area contributed by atoms with Gasteiger partial charge in [0.2, 0.25) is 11.8 Å². The van der Waals surface area contributed by atoms with Gasteiger partial charge < -0.3 is 71.4 Å². The second-order valence-electron chi connectivity index (χ2n) is 31.4. The standard InChI is InChI=1S/C35H52IN9O12.C29H50IN7O8.C6H3ClN2O4/c1-33(2,3)55-28(47)16-15-24(31(49)57-35(7,8)9)40-32(50)39-23(30(48)56-34(4,5)6)12-10-11-17-37-27(46)20-43-26(29(36)41-42-43)19-38-22-14-13-21(44(51)52)18-25(22)45(53)54;1-27(2,3)43-22(39)14-13-19(25(41)45-29(7,8)9)34-26(42)33-18(24(40)44-28(4,5)6)12-10-11-15-32-21(38)17-37-20(16-31)23(30)35-36-37;7-5-2-1-4(8(10)11)3-6(5)9(12)13/h13-14,18,23-24,38H,10-12,15-17,19-20H2,1-9H3,(H,37,46)(H2,39,40,50);18-19H,10-17,31H2,1-9H3,(H,32,38)(H2,33,34,42);1-3H/t23-,24-;18-,19-;/m00./s1. The number of halogens is 3. The quantitative estimate of drug-likeness (QED) is 0.00525. The number of nitrogens with one attached hydrogen (secondary N) is 7. The van der Waals surface area contributed by atoms with Crippen molar-refractivity contribution in [2.45, 2.75) is 273 Å². The molecule has 4 aromatic rings. The molecule has 2 aromatic carbocycles. The molecule has 45 heteroatoms. The summed E-state index contributed by atoms with van der Waals surface area (Å²) in [6.45, 7) is 30.8. The van der Waals surface area contributed by atoms with E-state index in [1.54, 1.807) is 125 Å². The van der Waals surface area contributed by atoms with E-state index in [-0.39, 0.29) is 93.6 Å². The fraction of sp³-hybridized carbons (Fsp3) is 0.629. The van der Waals surface area contributed by atoms with Crippen LogP contribution in [0.4, 0.5) is 38.0 Å². The third-order valence-corrected chi connectivity index (χ3v) is 16.1. The van der Waals surface area contributed by atoms with Crippen LogP contribution in [0.1, 0.15) is 200 Å². The summed E-state index contributed by atoms with van der Waals surface area (Å²) in [5, 5.41) is 77.4. The van der Waals surface area contributed by atoms with Crippen LogP contribution >= 0.6 is 56.8 Å². The van der Waals surface area contributed by atoms with Gasteiger partial charge in [0.25, 0.3) is 22.7 Å². The Morgan fingerprint density at radius 1 is 0.461 bits per heavy atom. The van der Waals surface area contributed by atoms with Crippen molar-refractivity contribution in [3.05, 3.63) is 101 Å². The van der Waals surface area contributed by atoms with Gasteiger partial charge in [0, 0.05) is 44.6 Å². The van der Waals surface area contributed by atoms with Crippen molar-refractivity contribution in [2.75, 3.05) is 18.4 Å². The number of benzene rings is 2. The number of hydrogen-bond acceptors (Lipinski definition) is 30. The number of nitro groups is 4. The molecule has 0 aliphatic rings. The monoisotopic (exact) mass is 1870 g/mol. The van der Waals surface area contributed by atoms with Gasteiger partial charge in [0.1, 0.15) is 89.0 Å². The number of amides is 6. The van der Waals surface area contributed by atoms with E-state index in [1.807, 2.05) is 45.2 Å². The van der Waals surface area contributed by atoms with Crippen LogP contribution in [0.2, 0.25) is 5.02 Å². The predicted octanol–water partition coefficient (Wildman–Crippen LogP) is 9.07. The summed E-state index contributed by atoms with van der Waals surface area (Å²) in [4.78, 5) is 168. The molecule has 0 saturated heterocycles. The van der Waals surface area contributed by atoms with E-state index < -0.39 is 148 Å². The first-order valence-corrected chi connectivity index (χ1v) is 38.5. The third-order valence-electron chi connectivity index (χ3n) is 14.1. The lowest BCUT2D eigenvalue weighted by atomic mass is 10.1. The van der Waals surface area contributed by atoms with Crippen molar-refractivity contribution in [3.8, 4) is 0 Å². The molecule has 42 nitrogen and oxygen atoms in total. The summed E-state index contributed by atoms with van der Waals surface area (Å²) < 4.78 is 36.3. The van der Waals surface area contributed by atoms with Gasteiger partial charge in [0.05, 0.1) is 49.8 Å². The summed E-state index contributed by atoms with van der Waals surface area (Å²) >= 11 is 9.33. The molecule has 0 fully saturated rings. The molecule has 0 aliphatic heterocycles. The maximum absolute atomic E-state index is 13.2. The van der Waals surface area contributed by atoms with Crippen molar-refractivity contribution in [2.24, 2.45) is 5.73 Å². The van der Waals surface area contributed by atoms with Crippen molar-refractivity contribution < 1.29 is 96.1 Å².